The van der Waals surface area contributed by atoms with Gasteiger partial charge in [0.2, 0.25) is 0 Å². The van der Waals surface area contributed by atoms with E-state index in [0.29, 0.717) is 6.04 Å². The molecule has 0 amide bonds. The van der Waals surface area contributed by atoms with Crippen LogP contribution in [0.4, 0.5) is 0 Å². The van der Waals surface area contributed by atoms with Crippen molar-refractivity contribution in [1.82, 2.24) is 20.0 Å². The maximum absolute atomic E-state index is 4.48. The minimum absolute atomic E-state index is 0.561. The molecule has 116 valence electrons. The van der Waals surface area contributed by atoms with Crippen molar-refractivity contribution in [3.05, 3.63) is 17.0 Å². The molecule has 0 aliphatic rings. The Morgan fingerprint density at radius 3 is 2.40 bits per heavy atom. The number of aryl methyl sites for hydroxylation is 2. The molecule has 1 aromatic heterocycles. The molecule has 1 aromatic rings. The first-order valence-electron chi connectivity index (χ1n) is 7.94. The molecule has 0 saturated heterocycles. The lowest BCUT2D eigenvalue weighted by atomic mass is 10.1. The van der Waals surface area contributed by atoms with Crippen LogP contribution < -0.4 is 5.32 Å². The van der Waals surface area contributed by atoms with Crippen LogP contribution in [0.3, 0.4) is 0 Å². The Morgan fingerprint density at radius 2 is 1.90 bits per heavy atom. The fraction of sp³-hybridized carbons (Fsp3) is 0.812. The molecule has 0 fully saturated rings. The van der Waals surface area contributed by atoms with Gasteiger partial charge in [0.05, 0.1) is 5.69 Å². The largest absolute Gasteiger partial charge is 0.313 e. The van der Waals surface area contributed by atoms with E-state index in [1.54, 1.807) is 0 Å². The monoisotopic (exact) mass is 280 g/mol. The Morgan fingerprint density at radius 1 is 1.25 bits per heavy atom. The number of likely N-dealkylation sites (N-methyl/N-ethyl adjacent to an activating group) is 1. The predicted molar refractivity (Wildman–Crippen MR) is 86.3 cm³/mol. The van der Waals surface area contributed by atoms with E-state index in [1.165, 1.54) is 23.4 Å². The van der Waals surface area contributed by atoms with E-state index in [4.69, 9.17) is 0 Å². The van der Waals surface area contributed by atoms with Gasteiger partial charge in [0, 0.05) is 25.3 Å². The molecular weight excluding hydrogens is 248 g/mol. The Kier molecular flexibility index (Phi) is 7.24. The van der Waals surface area contributed by atoms with Gasteiger partial charge in [-0.25, -0.2) is 0 Å². The van der Waals surface area contributed by atoms with Crippen molar-refractivity contribution in [2.75, 3.05) is 26.2 Å². The second kappa shape index (κ2) is 8.42. The number of aromatic nitrogens is 2. The van der Waals surface area contributed by atoms with E-state index in [2.05, 4.69) is 49.9 Å². The van der Waals surface area contributed by atoms with Gasteiger partial charge < -0.3 is 10.2 Å². The SMILES string of the molecule is CCN(CC)CC(C)NCCCc1c(C)nn(C)c1C. The van der Waals surface area contributed by atoms with Gasteiger partial charge in [0.1, 0.15) is 0 Å². The summed E-state index contributed by atoms with van der Waals surface area (Å²) in [7, 11) is 2.02. The lowest BCUT2D eigenvalue weighted by Gasteiger charge is -2.23. The third kappa shape index (κ3) is 4.91. The summed E-state index contributed by atoms with van der Waals surface area (Å²) >= 11 is 0. The molecule has 1 heterocycles. The normalized spacial score (nSPS) is 13.2. The van der Waals surface area contributed by atoms with Crippen molar-refractivity contribution in [2.24, 2.45) is 7.05 Å². The van der Waals surface area contributed by atoms with Crippen LogP contribution >= 0.6 is 0 Å². The van der Waals surface area contributed by atoms with E-state index in [0.717, 1.165) is 32.6 Å². The topological polar surface area (TPSA) is 33.1 Å². The number of nitrogens with zero attached hydrogens (tertiary/aromatic N) is 3. The third-order valence-corrected chi connectivity index (χ3v) is 4.18. The summed E-state index contributed by atoms with van der Waals surface area (Å²) in [5.41, 5.74) is 3.91. The standard InChI is InChI=1S/C16H32N4/c1-7-20(8-2)12-13(3)17-11-9-10-16-14(4)18-19(6)15(16)5/h13,17H,7-12H2,1-6H3. The zero-order valence-electron chi connectivity index (χ0n) is 14.2. The first-order valence-corrected chi connectivity index (χ1v) is 7.94. The smallest absolute Gasteiger partial charge is 0.0628 e. The molecule has 0 bridgehead atoms. The molecule has 4 heteroatoms. The molecular formula is C16H32N4. The second-order valence-electron chi connectivity index (χ2n) is 5.72. The molecule has 0 aromatic carbocycles. The highest BCUT2D eigenvalue weighted by atomic mass is 15.3. The zero-order chi connectivity index (χ0) is 15.1. The summed E-state index contributed by atoms with van der Waals surface area (Å²) in [4.78, 5) is 2.47. The highest BCUT2D eigenvalue weighted by Gasteiger charge is 2.09. The molecule has 0 spiro atoms. The molecule has 0 aliphatic carbocycles. The lowest BCUT2D eigenvalue weighted by molar-refractivity contribution is 0.271. The summed E-state index contributed by atoms with van der Waals surface area (Å²) < 4.78 is 1.99. The van der Waals surface area contributed by atoms with Gasteiger partial charge >= 0.3 is 0 Å². The Hall–Kier alpha value is -0.870. The molecule has 1 unspecified atom stereocenters. The van der Waals surface area contributed by atoms with Crippen molar-refractivity contribution in [3.8, 4) is 0 Å². The van der Waals surface area contributed by atoms with Crippen molar-refractivity contribution < 1.29 is 0 Å². The van der Waals surface area contributed by atoms with Gasteiger partial charge in [-0.05, 0) is 58.8 Å². The summed E-state index contributed by atoms with van der Waals surface area (Å²) in [6, 6.07) is 0.561. The first kappa shape index (κ1) is 17.2. The van der Waals surface area contributed by atoms with Crippen molar-refractivity contribution in [2.45, 2.75) is 53.5 Å². The van der Waals surface area contributed by atoms with Crippen LogP contribution in [-0.4, -0.2) is 46.9 Å². The minimum atomic E-state index is 0.561. The van der Waals surface area contributed by atoms with Gasteiger partial charge in [-0.3, -0.25) is 4.68 Å². The van der Waals surface area contributed by atoms with Crippen molar-refractivity contribution in [1.29, 1.82) is 0 Å². The summed E-state index contributed by atoms with van der Waals surface area (Å²) in [5, 5.41) is 8.10. The predicted octanol–water partition coefficient (Wildman–Crippen LogP) is 2.29. The van der Waals surface area contributed by atoms with Crippen LogP contribution in [0.2, 0.25) is 0 Å². The van der Waals surface area contributed by atoms with Crippen molar-refractivity contribution >= 4 is 0 Å². The molecule has 1 rings (SSSR count). The van der Waals surface area contributed by atoms with Crippen LogP contribution in [-0.2, 0) is 13.5 Å². The maximum Gasteiger partial charge on any atom is 0.0628 e. The Bertz CT molecular complexity index is 393. The molecule has 1 atom stereocenters. The van der Waals surface area contributed by atoms with Crippen LogP contribution in [0, 0.1) is 13.8 Å². The average Bonchev–Trinajstić information content (AvgIpc) is 2.66. The number of hydrogen-bond acceptors (Lipinski definition) is 3. The molecule has 4 nitrogen and oxygen atoms in total. The van der Waals surface area contributed by atoms with Crippen LogP contribution in [0.1, 0.15) is 44.1 Å². The highest BCUT2D eigenvalue weighted by Crippen LogP contribution is 2.13. The fourth-order valence-electron chi connectivity index (χ4n) is 2.73. The van der Waals surface area contributed by atoms with E-state index in [9.17, 15) is 0 Å². The Labute approximate surface area is 124 Å². The summed E-state index contributed by atoms with van der Waals surface area (Å²) in [5.74, 6) is 0. The fourth-order valence-corrected chi connectivity index (χ4v) is 2.73. The van der Waals surface area contributed by atoms with Gasteiger partial charge in [-0.15, -0.1) is 0 Å². The highest BCUT2D eigenvalue weighted by molar-refractivity contribution is 5.24. The van der Waals surface area contributed by atoms with E-state index >= 15 is 0 Å². The quantitative estimate of drug-likeness (QED) is 0.705. The molecule has 20 heavy (non-hydrogen) atoms. The van der Waals surface area contributed by atoms with Crippen LogP contribution in [0.15, 0.2) is 0 Å². The van der Waals surface area contributed by atoms with Gasteiger partial charge in [0.25, 0.3) is 0 Å². The van der Waals surface area contributed by atoms with Gasteiger partial charge in [-0.1, -0.05) is 13.8 Å². The number of rotatable bonds is 9. The second-order valence-corrected chi connectivity index (χ2v) is 5.72. The number of nitrogens with one attached hydrogen (secondary N) is 1. The van der Waals surface area contributed by atoms with Crippen LogP contribution in [0.25, 0.3) is 0 Å². The lowest BCUT2D eigenvalue weighted by Crippen LogP contribution is -2.39. The van der Waals surface area contributed by atoms with E-state index in [1.807, 2.05) is 11.7 Å². The maximum atomic E-state index is 4.48. The van der Waals surface area contributed by atoms with Crippen molar-refractivity contribution in [3.63, 3.8) is 0 Å². The van der Waals surface area contributed by atoms with E-state index < -0.39 is 0 Å². The number of hydrogen-bond donors (Lipinski definition) is 1. The average molecular weight is 280 g/mol. The van der Waals surface area contributed by atoms with Crippen LogP contribution in [0.5, 0.6) is 0 Å². The molecule has 1 N–H and O–H groups in total. The zero-order valence-corrected chi connectivity index (χ0v) is 14.2. The van der Waals surface area contributed by atoms with Gasteiger partial charge in [0.15, 0.2) is 0 Å². The summed E-state index contributed by atoms with van der Waals surface area (Å²) in [6.07, 6.45) is 2.30. The van der Waals surface area contributed by atoms with E-state index in [-0.39, 0.29) is 0 Å². The summed E-state index contributed by atoms with van der Waals surface area (Å²) in [6.45, 7) is 15.5. The molecule has 0 saturated carbocycles. The molecule has 0 aliphatic heterocycles. The minimum Gasteiger partial charge on any atom is -0.313 e. The third-order valence-electron chi connectivity index (χ3n) is 4.18. The Balaban J connectivity index is 2.28. The van der Waals surface area contributed by atoms with Gasteiger partial charge in [-0.2, -0.15) is 5.10 Å². The first-order chi connectivity index (χ1) is 9.49. The molecule has 0 radical (unpaired) electrons.